The Balaban J connectivity index is 1.45. The molecule has 0 aromatic heterocycles. The zero-order valence-corrected chi connectivity index (χ0v) is 20.0. The van der Waals surface area contributed by atoms with E-state index in [1.165, 1.54) is 17.5 Å². The van der Waals surface area contributed by atoms with Gasteiger partial charge in [-0.15, -0.1) is 0 Å². The lowest BCUT2D eigenvalue weighted by Crippen LogP contribution is -2.40. The number of nitrogens with zero attached hydrogens (tertiary/aromatic N) is 2. The van der Waals surface area contributed by atoms with Crippen LogP contribution in [-0.2, 0) is 37.3 Å². The highest BCUT2D eigenvalue weighted by Crippen LogP contribution is 2.29. The number of hydrogen-bond donors (Lipinski definition) is 1. The fourth-order valence-corrected chi connectivity index (χ4v) is 5.80. The van der Waals surface area contributed by atoms with Crippen molar-refractivity contribution in [1.82, 2.24) is 9.21 Å². The zero-order chi connectivity index (χ0) is 24.1. The Morgan fingerprint density at radius 3 is 2.59 bits per heavy atom. The smallest absolute Gasteiger partial charge is 0.246 e. The maximum Gasteiger partial charge on any atom is 0.246 e. The van der Waals surface area contributed by atoms with Gasteiger partial charge >= 0.3 is 0 Å². The molecule has 2 aliphatic rings. The number of carbonyl (C=O) groups is 2. The van der Waals surface area contributed by atoms with Crippen molar-refractivity contribution in [3.8, 4) is 5.75 Å². The lowest BCUT2D eigenvalue weighted by atomic mass is 10.1. The largest absolute Gasteiger partial charge is 0.495 e. The van der Waals surface area contributed by atoms with Crippen LogP contribution in [0.3, 0.4) is 0 Å². The second-order valence-electron chi connectivity index (χ2n) is 8.35. The summed E-state index contributed by atoms with van der Waals surface area (Å²) in [4.78, 5) is 26.5. The van der Waals surface area contributed by atoms with Gasteiger partial charge in [0.25, 0.3) is 0 Å². The number of benzene rings is 2. The van der Waals surface area contributed by atoms with Gasteiger partial charge in [0, 0.05) is 38.3 Å². The van der Waals surface area contributed by atoms with E-state index in [9.17, 15) is 18.0 Å². The summed E-state index contributed by atoms with van der Waals surface area (Å²) in [6.07, 6.45) is 1.46. The molecule has 2 aliphatic heterocycles. The van der Waals surface area contributed by atoms with E-state index in [4.69, 9.17) is 9.47 Å². The van der Waals surface area contributed by atoms with Crippen LogP contribution in [0.25, 0.3) is 0 Å². The number of nitrogens with one attached hydrogen (secondary N) is 1. The van der Waals surface area contributed by atoms with Gasteiger partial charge in [0.2, 0.25) is 21.8 Å². The van der Waals surface area contributed by atoms with E-state index in [-0.39, 0.29) is 42.0 Å². The molecule has 0 saturated carbocycles. The molecular formula is C24H29N3O6S. The van der Waals surface area contributed by atoms with Crippen molar-refractivity contribution in [3.05, 3.63) is 53.6 Å². The van der Waals surface area contributed by atoms with Crippen LogP contribution < -0.4 is 10.1 Å². The molecule has 1 N–H and O–H groups in total. The first-order chi connectivity index (χ1) is 16.4. The van der Waals surface area contributed by atoms with Gasteiger partial charge in [0.05, 0.1) is 26.7 Å². The number of sulfonamides is 1. The Kier molecular flexibility index (Phi) is 7.50. The van der Waals surface area contributed by atoms with Crippen LogP contribution in [0.5, 0.6) is 5.75 Å². The molecule has 0 bridgehead atoms. The number of methoxy groups -OCH3 is 1. The molecule has 34 heavy (non-hydrogen) atoms. The number of hydrogen-bond acceptors (Lipinski definition) is 6. The molecule has 182 valence electrons. The third-order valence-electron chi connectivity index (χ3n) is 5.94. The summed E-state index contributed by atoms with van der Waals surface area (Å²) in [7, 11) is -2.36. The average molecular weight is 488 g/mol. The quantitative estimate of drug-likeness (QED) is 0.611. The Hall–Kier alpha value is -2.95. The molecule has 2 aromatic rings. The summed E-state index contributed by atoms with van der Waals surface area (Å²) in [5.74, 6) is 0.117. The SMILES string of the molecule is COc1ccc(CC(=O)Nc2cccc(CN3CCCC3=O)c2)cc1S(=O)(=O)N1CCOCC1. The van der Waals surface area contributed by atoms with Gasteiger partial charge in [-0.3, -0.25) is 9.59 Å². The molecule has 0 atom stereocenters. The molecule has 0 spiro atoms. The Bertz CT molecular complexity index is 1160. The minimum atomic E-state index is -3.78. The Labute approximate surface area is 199 Å². The van der Waals surface area contributed by atoms with E-state index in [0.29, 0.717) is 37.4 Å². The van der Waals surface area contributed by atoms with Crippen LogP contribution in [0.1, 0.15) is 24.0 Å². The summed E-state index contributed by atoms with van der Waals surface area (Å²) in [5, 5.41) is 2.87. The predicted molar refractivity (Wildman–Crippen MR) is 126 cm³/mol. The molecule has 2 saturated heterocycles. The van der Waals surface area contributed by atoms with Gasteiger partial charge in [-0.25, -0.2) is 8.42 Å². The molecule has 2 aromatic carbocycles. The molecule has 0 radical (unpaired) electrons. The van der Waals surface area contributed by atoms with Crippen molar-refractivity contribution < 1.29 is 27.5 Å². The molecule has 9 nitrogen and oxygen atoms in total. The van der Waals surface area contributed by atoms with Gasteiger partial charge < -0.3 is 19.7 Å². The van der Waals surface area contributed by atoms with Crippen molar-refractivity contribution in [2.75, 3.05) is 45.3 Å². The number of likely N-dealkylation sites (tertiary alicyclic amines) is 1. The van der Waals surface area contributed by atoms with E-state index in [1.807, 2.05) is 23.1 Å². The molecule has 2 fully saturated rings. The number of anilines is 1. The molecule has 4 rings (SSSR count). The second kappa shape index (κ2) is 10.5. The van der Waals surface area contributed by atoms with Gasteiger partial charge in [0.15, 0.2) is 0 Å². The number of morpholine rings is 1. The topological polar surface area (TPSA) is 105 Å². The third kappa shape index (κ3) is 5.57. The van der Waals surface area contributed by atoms with Gasteiger partial charge in [-0.1, -0.05) is 18.2 Å². The minimum absolute atomic E-state index is 0.00443. The number of carbonyl (C=O) groups excluding carboxylic acids is 2. The molecule has 2 amide bonds. The standard InChI is InChI=1S/C24H29N3O6S/c1-32-21-8-7-18(15-22(21)34(30,31)27-10-12-33-13-11-27)16-23(28)25-20-5-2-4-19(14-20)17-26-9-3-6-24(26)29/h2,4-5,7-8,14-15H,3,6,9-13,16-17H2,1H3,(H,25,28). The molecule has 10 heteroatoms. The fourth-order valence-electron chi connectivity index (χ4n) is 4.19. The molecule has 0 aliphatic carbocycles. The van der Waals surface area contributed by atoms with Crippen LogP contribution in [0.2, 0.25) is 0 Å². The highest BCUT2D eigenvalue weighted by molar-refractivity contribution is 7.89. The van der Waals surface area contributed by atoms with E-state index in [0.717, 1.165) is 18.5 Å². The number of ether oxygens (including phenoxy) is 2. The first-order valence-electron chi connectivity index (χ1n) is 11.3. The summed E-state index contributed by atoms with van der Waals surface area (Å²) in [5.41, 5.74) is 2.13. The van der Waals surface area contributed by atoms with Crippen molar-refractivity contribution >= 4 is 27.5 Å². The van der Waals surface area contributed by atoms with Gasteiger partial charge in [-0.05, 0) is 41.8 Å². The average Bonchev–Trinajstić information content (AvgIpc) is 3.24. The third-order valence-corrected chi connectivity index (χ3v) is 7.86. The van der Waals surface area contributed by atoms with Crippen LogP contribution in [-0.4, -0.2) is 69.4 Å². The highest BCUT2D eigenvalue weighted by Gasteiger charge is 2.29. The summed E-state index contributed by atoms with van der Waals surface area (Å²) in [6, 6.07) is 12.2. The first-order valence-corrected chi connectivity index (χ1v) is 12.7. The minimum Gasteiger partial charge on any atom is -0.495 e. The number of amides is 2. The maximum atomic E-state index is 13.2. The van der Waals surface area contributed by atoms with E-state index in [2.05, 4.69) is 5.32 Å². The predicted octanol–water partition coefficient (Wildman–Crippen LogP) is 2.02. The molecule has 0 unspecified atom stereocenters. The van der Waals surface area contributed by atoms with Crippen LogP contribution in [0.15, 0.2) is 47.4 Å². The van der Waals surface area contributed by atoms with Crippen LogP contribution in [0, 0.1) is 0 Å². The molecule has 2 heterocycles. The monoisotopic (exact) mass is 487 g/mol. The number of rotatable bonds is 8. The zero-order valence-electron chi connectivity index (χ0n) is 19.2. The van der Waals surface area contributed by atoms with E-state index in [1.54, 1.807) is 18.2 Å². The van der Waals surface area contributed by atoms with Crippen molar-refractivity contribution in [1.29, 1.82) is 0 Å². The summed E-state index contributed by atoms with van der Waals surface area (Å²) >= 11 is 0. The van der Waals surface area contributed by atoms with Crippen LogP contribution in [0.4, 0.5) is 5.69 Å². The Morgan fingerprint density at radius 2 is 1.88 bits per heavy atom. The first kappa shape index (κ1) is 24.2. The van der Waals surface area contributed by atoms with Gasteiger partial charge in [0.1, 0.15) is 10.6 Å². The van der Waals surface area contributed by atoms with Crippen LogP contribution >= 0.6 is 0 Å². The Morgan fingerprint density at radius 1 is 1.09 bits per heavy atom. The highest BCUT2D eigenvalue weighted by atomic mass is 32.2. The van der Waals surface area contributed by atoms with E-state index < -0.39 is 10.0 Å². The van der Waals surface area contributed by atoms with Crippen molar-refractivity contribution in [2.45, 2.75) is 30.7 Å². The van der Waals surface area contributed by atoms with E-state index >= 15 is 0 Å². The van der Waals surface area contributed by atoms with Crippen molar-refractivity contribution in [3.63, 3.8) is 0 Å². The second-order valence-corrected chi connectivity index (χ2v) is 10.3. The molecular weight excluding hydrogens is 458 g/mol. The lowest BCUT2D eigenvalue weighted by Gasteiger charge is -2.26. The van der Waals surface area contributed by atoms with Crippen molar-refractivity contribution in [2.24, 2.45) is 0 Å². The summed E-state index contributed by atoms with van der Waals surface area (Å²) in [6.45, 7) is 2.50. The lowest BCUT2D eigenvalue weighted by molar-refractivity contribution is -0.128. The summed E-state index contributed by atoms with van der Waals surface area (Å²) < 4.78 is 38.2. The fraction of sp³-hybridized carbons (Fsp3) is 0.417. The maximum absolute atomic E-state index is 13.2. The van der Waals surface area contributed by atoms with Gasteiger partial charge in [-0.2, -0.15) is 4.31 Å². The normalized spacial score (nSPS) is 17.1.